The number of hydrogen-bond acceptors (Lipinski definition) is 3. The van der Waals surface area contributed by atoms with Crippen molar-refractivity contribution in [1.29, 1.82) is 0 Å². The Bertz CT molecular complexity index is 266. The molecule has 0 aliphatic rings. The first-order valence-electron chi connectivity index (χ1n) is 6.18. The number of hydrogen-bond donors (Lipinski definition) is 1. The van der Waals surface area contributed by atoms with Crippen LogP contribution in [0.5, 0.6) is 0 Å². The van der Waals surface area contributed by atoms with Gasteiger partial charge in [-0.25, -0.2) is 4.79 Å². The number of nitrogens with one attached hydrogen (secondary N) is 1. The van der Waals surface area contributed by atoms with Crippen molar-refractivity contribution in [2.45, 2.75) is 66.0 Å². The SMILES string of the molecule is CCC(=O)[C@H](CC(C)C)NC(=O)OC(C)(C)C. The van der Waals surface area contributed by atoms with Crippen molar-refractivity contribution >= 4 is 11.9 Å². The molecule has 4 heteroatoms. The highest BCUT2D eigenvalue weighted by Gasteiger charge is 2.23. The zero-order valence-electron chi connectivity index (χ0n) is 11.8. The van der Waals surface area contributed by atoms with Gasteiger partial charge in [0, 0.05) is 6.42 Å². The van der Waals surface area contributed by atoms with Gasteiger partial charge in [-0.2, -0.15) is 0 Å². The normalized spacial score (nSPS) is 13.4. The van der Waals surface area contributed by atoms with Crippen molar-refractivity contribution in [3.8, 4) is 0 Å². The predicted octanol–water partition coefficient (Wildman–Crippen LogP) is 2.90. The quantitative estimate of drug-likeness (QED) is 0.807. The smallest absolute Gasteiger partial charge is 0.408 e. The fraction of sp³-hybridized carbons (Fsp3) is 0.846. The summed E-state index contributed by atoms with van der Waals surface area (Å²) in [5.74, 6) is 0.398. The Balaban J connectivity index is 4.43. The molecule has 0 aliphatic heterocycles. The van der Waals surface area contributed by atoms with Crippen LogP contribution in [0, 0.1) is 5.92 Å². The summed E-state index contributed by atoms with van der Waals surface area (Å²) in [7, 11) is 0. The minimum absolute atomic E-state index is 0.0459. The van der Waals surface area contributed by atoms with Crippen molar-refractivity contribution < 1.29 is 14.3 Å². The van der Waals surface area contributed by atoms with Gasteiger partial charge < -0.3 is 10.1 Å². The summed E-state index contributed by atoms with van der Waals surface area (Å²) >= 11 is 0. The molecule has 0 fully saturated rings. The van der Waals surface area contributed by atoms with E-state index >= 15 is 0 Å². The number of amides is 1. The van der Waals surface area contributed by atoms with E-state index in [2.05, 4.69) is 5.32 Å². The van der Waals surface area contributed by atoms with Crippen molar-refractivity contribution in [3.63, 3.8) is 0 Å². The third-order valence-electron chi connectivity index (χ3n) is 2.14. The van der Waals surface area contributed by atoms with Crippen molar-refractivity contribution in [2.24, 2.45) is 5.92 Å². The zero-order valence-corrected chi connectivity index (χ0v) is 11.8. The molecule has 100 valence electrons. The monoisotopic (exact) mass is 243 g/mol. The van der Waals surface area contributed by atoms with E-state index in [4.69, 9.17) is 4.74 Å². The van der Waals surface area contributed by atoms with E-state index in [-0.39, 0.29) is 5.78 Å². The van der Waals surface area contributed by atoms with Gasteiger partial charge in [-0.1, -0.05) is 20.8 Å². The third kappa shape index (κ3) is 7.77. The molecule has 0 aromatic carbocycles. The number of alkyl carbamates (subject to hydrolysis) is 1. The Morgan fingerprint density at radius 2 is 1.76 bits per heavy atom. The van der Waals surface area contributed by atoms with Crippen LogP contribution in [0.15, 0.2) is 0 Å². The van der Waals surface area contributed by atoms with Gasteiger partial charge in [0.05, 0.1) is 6.04 Å². The maximum Gasteiger partial charge on any atom is 0.408 e. The number of carbonyl (C=O) groups excluding carboxylic acids is 2. The summed E-state index contributed by atoms with van der Waals surface area (Å²) in [5, 5.41) is 2.64. The van der Waals surface area contributed by atoms with Crippen LogP contribution in [-0.4, -0.2) is 23.5 Å². The van der Waals surface area contributed by atoms with Crippen LogP contribution in [0.25, 0.3) is 0 Å². The van der Waals surface area contributed by atoms with E-state index in [1.54, 1.807) is 27.7 Å². The maximum absolute atomic E-state index is 11.7. The first-order chi connectivity index (χ1) is 7.65. The molecule has 1 N–H and O–H groups in total. The zero-order chi connectivity index (χ0) is 13.6. The summed E-state index contributed by atoms with van der Waals surface area (Å²) in [6.07, 6.45) is 0.545. The van der Waals surface area contributed by atoms with Gasteiger partial charge in [0.1, 0.15) is 5.60 Å². The Labute approximate surface area is 104 Å². The highest BCUT2D eigenvalue weighted by Crippen LogP contribution is 2.10. The van der Waals surface area contributed by atoms with E-state index in [1.807, 2.05) is 13.8 Å². The Morgan fingerprint density at radius 3 is 2.12 bits per heavy atom. The van der Waals surface area contributed by atoms with Gasteiger partial charge in [0.2, 0.25) is 0 Å². The summed E-state index contributed by atoms with van der Waals surface area (Å²) in [6.45, 7) is 11.2. The summed E-state index contributed by atoms with van der Waals surface area (Å²) < 4.78 is 5.14. The molecule has 0 aromatic rings. The third-order valence-corrected chi connectivity index (χ3v) is 2.14. The van der Waals surface area contributed by atoms with Gasteiger partial charge in [-0.15, -0.1) is 0 Å². The van der Waals surface area contributed by atoms with Crippen LogP contribution in [0.3, 0.4) is 0 Å². The largest absolute Gasteiger partial charge is 0.444 e. The Hall–Kier alpha value is -1.06. The van der Waals surface area contributed by atoms with Gasteiger partial charge in [-0.05, 0) is 33.1 Å². The topological polar surface area (TPSA) is 55.4 Å². The molecule has 0 aromatic heterocycles. The van der Waals surface area contributed by atoms with Crippen LogP contribution >= 0.6 is 0 Å². The van der Waals surface area contributed by atoms with Crippen LogP contribution in [0.4, 0.5) is 4.79 Å². The molecule has 0 saturated heterocycles. The summed E-state index contributed by atoms with van der Waals surface area (Å²) in [4.78, 5) is 23.3. The first kappa shape index (κ1) is 15.9. The highest BCUT2D eigenvalue weighted by atomic mass is 16.6. The average molecular weight is 243 g/mol. The van der Waals surface area contributed by atoms with Gasteiger partial charge >= 0.3 is 6.09 Å². The Morgan fingerprint density at radius 1 is 1.24 bits per heavy atom. The summed E-state index contributed by atoms with van der Waals surface area (Å²) in [6, 6.07) is -0.435. The molecular weight excluding hydrogens is 218 g/mol. The van der Waals surface area contributed by atoms with Crippen LogP contribution in [-0.2, 0) is 9.53 Å². The number of carbonyl (C=O) groups is 2. The average Bonchev–Trinajstić information content (AvgIpc) is 2.11. The van der Waals surface area contributed by atoms with Gasteiger partial charge in [0.15, 0.2) is 5.78 Å². The lowest BCUT2D eigenvalue weighted by molar-refractivity contribution is -0.121. The first-order valence-corrected chi connectivity index (χ1v) is 6.18. The van der Waals surface area contributed by atoms with E-state index < -0.39 is 17.7 Å². The standard InChI is InChI=1S/C13H25NO3/c1-7-11(15)10(8-9(2)3)14-12(16)17-13(4,5)6/h9-10H,7-8H2,1-6H3,(H,14,16)/t10-/m0/s1. The molecule has 0 spiro atoms. The molecule has 0 saturated carbocycles. The molecular formula is C13H25NO3. The van der Waals surface area contributed by atoms with E-state index in [1.165, 1.54) is 0 Å². The molecule has 0 aliphatic carbocycles. The fourth-order valence-electron chi connectivity index (χ4n) is 1.44. The molecule has 0 unspecified atom stereocenters. The number of Topliss-reactive ketones (excluding diaryl/α,β-unsaturated/α-hetero) is 1. The van der Waals surface area contributed by atoms with Crippen molar-refractivity contribution in [2.75, 3.05) is 0 Å². The second-order valence-electron chi connectivity index (χ2n) is 5.65. The molecule has 17 heavy (non-hydrogen) atoms. The second kappa shape index (κ2) is 6.62. The molecule has 4 nitrogen and oxygen atoms in total. The molecule has 0 rings (SSSR count). The van der Waals surface area contributed by atoms with Gasteiger partial charge in [0.25, 0.3) is 0 Å². The number of ether oxygens (including phenoxy) is 1. The van der Waals surface area contributed by atoms with Crippen LogP contribution in [0.1, 0.15) is 54.4 Å². The molecule has 1 atom stereocenters. The predicted molar refractivity (Wildman–Crippen MR) is 67.9 cm³/mol. The second-order valence-corrected chi connectivity index (χ2v) is 5.65. The molecule has 0 bridgehead atoms. The lowest BCUT2D eigenvalue weighted by Gasteiger charge is -2.23. The highest BCUT2D eigenvalue weighted by molar-refractivity contribution is 5.87. The fourth-order valence-corrected chi connectivity index (χ4v) is 1.44. The van der Waals surface area contributed by atoms with Crippen LogP contribution < -0.4 is 5.32 Å². The minimum Gasteiger partial charge on any atom is -0.444 e. The van der Waals surface area contributed by atoms with E-state index in [9.17, 15) is 9.59 Å². The molecule has 1 amide bonds. The maximum atomic E-state index is 11.7. The number of ketones is 1. The summed E-state index contributed by atoms with van der Waals surface area (Å²) in [5.41, 5.74) is -0.540. The Kier molecular flexibility index (Phi) is 6.21. The van der Waals surface area contributed by atoms with E-state index in [0.717, 1.165) is 0 Å². The molecule has 0 heterocycles. The lowest BCUT2D eigenvalue weighted by Crippen LogP contribution is -2.44. The van der Waals surface area contributed by atoms with Crippen molar-refractivity contribution in [3.05, 3.63) is 0 Å². The molecule has 0 radical (unpaired) electrons. The lowest BCUT2D eigenvalue weighted by atomic mass is 9.99. The van der Waals surface area contributed by atoms with Gasteiger partial charge in [-0.3, -0.25) is 4.79 Å². The minimum atomic E-state index is -0.540. The number of rotatable bonds is 5. The van der Waals surface area contributed by atoms with Crippen molar-refractivity contribution in [1.82, 2.24) is 5.32 Å². The van der Waals surface area contributed by atoms with Crippen LogP contribution in [0.2, 0.25) is 0 Å². The van der Waals surface area contributed by atoms with E-state index in [0.29, 0.717) is 18.8 Å².